The second-order valence-electron chi connectivity index (χ2n) is 10.5. The zero-order chi connectivity index (χ0) is 28.3. The fourth-order valence-corrected chi connectivity index (χ4v) is 4.58. The fourth-order valence-electron chi connectivity index (χ4n) is 4.58. The Kier molecular flexibility index (Phi) is 7.89. The van der Waals surface area contributed by atoms with Gasteiger partial charge in [0.25, 0.3) is 11.6 Å². The lowest BCUT2D eigenvalue weighted by molar-refractivity contribution is -0.384. The maximum atomic E-state index is 13.6. The molecular weight excluding hydrogens is 502 g/mol. The van der Waals surface area contributed by atoms with Crippen LogP contribution in [0.1, 0.15) is 61.1 Å². The third-order valence-corrected chi connectivity index (χ3v) is 6.51. The van der Waals surface area contributed by atoms with Gasteiger partial charge < -0.3 is 19.7 Å². The molecule has 2 amide bonds. The van der Waals surface area contributed by atoms with Crippen LogP contribution in [0.4, 0.5) is 16.2 Å². The number of benzene rings is 2. The largest absolute Gasteiger partial charge is 0.495 e. The standard InChI is InChI=1S/C28H33N5O6/c1-18-6-8-20(9-7-18)32-25(19-12-14-31(15-13-19)27(35)39-28(2,3)4)22(17-29-32)26(34)30-23-16-21(33(36)37)10-11-24(23)38-5/h6-11,16-17,19H,12-15H2,1-5H3,(H,30,34). The van der Waals surface area contributed by atoms with Crippen molar-refractivity contribution in [1.82, 2.24) is 14.7 Å². The maximum Gasteiger partial charge on any atom is 0.410 e. The van der Waals surface area contributed by atoms with Crippen molar-refractivity contribution in [1.29, 1.82) is 0 Å². The van der Waals surface area contributed by atoms with Gasteiger partial charge in [0, 0.05) is 31.1 Å². The Bertz CT molecular complexity index is 1370. The number of hydrogen-bond donors (Lipinski definition) is 1. The van der Waals surface area contributed by atoms with E-state index in [9.17, 15) is 19.7 Å². The molecule has 1 saturated heterocycles. The minimum absolute atomic E-state index is 0.0692. The number of likely N-dealkylation sites (tertiary alicyclic amines) is 1. The van der Waals surface area contributed by atoms with Crippen LogP contribution in [-0.2, 0) is 4.74 Å². The number of carbonyl (C=O) groups excluding carboxylic acids is 2. The van der Waals surface area contributed by atoms with Crippen molar-refractivity contribution in [2.75, 3.05) is 25.5 Å². The second-order valence-corrected chi connectivity index (χ2v) is 10.5. The Morgan fingerprint density at radius 2 is 1.77 bits per heavy atom. The number of methoxy groups -OCH3 is 1. The molecule has 0 spiro atoms. The summed E-state index contributed by atoms with van der Waals surface area (Å²) >= 11 is 0. The molecule has 206 valence electrons. The lowest BCUT2D eigenvalue weighted by Crippen LogP contribution is -2.41. The molecule has 1 aromatic heterocycles. The maximum absolute atomic E-state index is 13.6. The number of amides is 2. The second kappa shape index (κ2) is 11.1. The molecule has 39 heavy (non-hydrogen) atoms. The van der Waals surface area contributed by atoms with Gasteiger partial charge in [-0.2, -0.15) is 5.10 Å². The Morgan fingerprint density at radius 3 is 2.36 bits per heavy atom. The van der Waals surface area contributed by atoms with Gasteiger partial charge in [-0.3, -0.25) is 14.9 Å². The van der Waals surface area contributed by atoms with E-state index in [-0.39, 0.29) is 23.4 Å². The number of rotatable bonds is 6. The molecule has 1 fully saturated rings. The molecule has 11 heteroatoms. The predicted octanol–water partition coefficient (Wildman–Crippen LogP) is 5.46. The monoisotopic (exact) mass is 535 g/mol. The van der Waals surface area contributed by atoms with Crippen LogP contribution < -0.4 is 10.1 Å². The van der Waals surface area contributed by atoms with E-state index < -0.39 is 16.4 Å². The summed E-state index contributed by atoms with van der Waals surface area (Å²) in [6, 6.07) is 11.8. The van der Waals surface area contributed by atoms with E-state index >= 15 is 0 Å². The molecule has 0 aliphatic carbocycles. The van der Waals surface area contributed by atoms with Crippen LogP contribution in [-0.4, -0.2) is 57.4 Å². The van der Waals surface area contributed by atoms with Crippen LogP contribution in [0.3, 0.4) is 0 Å². The van der Waals surface area contributed by atoms with E-state index in [1.807, 2.05) is 52.0 Å². The van der Waals surface area contributed by atoms with Crippen molar-refractivity contribution in [3.63, 3.8) is 0 Å². The molecule has 0 unspecified atom stereocenters. The number of carbonyl (C=O) groups is 2. The van der Waals surface area contributed by atoms with Gasteiger partial charge in [-0.15, -0.1) is 0 Å². The number of nitrogens with one attached hydrogen (secondary N) is 1. The smallest absolute Gasteiger partial charge is 0.410 e. The first-order valence-corrected chi connectivity index (χ1v) is 12.7. The van der Waals surface area contributed by atoms with Gasteiger partial charge in [-0.05, 0) is 58.7 Å². The Labute approximate surface area is 226 Å². The highest BCUT2D eigenvalue weighted by Gasteiger charge is 2.32. The molecule has 2 heterocycles. The molecule has 11 nitrogen and oxygen atoms in total. The van der Waals surface area contributed by atoms with Crippen molar-refractivity contribution in [3.8, 4) is 11.4 Å². The average molecular weight is 536 g/mol. The van der Waals surface area contributed by atoms with E-state index in [1.165, 1.54) is 31.5 Å². The van der Waals surface area contributed by atoms with E-state index in [0.29, 0.717) is 42.9 Å². The van der Waals surface area contributed by atoms with Crippen LogP contribution in [0.15, 0.2) is 48.7 Å². The summed E-state index contributed by atoms with van der Waals surface area (Å²) < 4.78 is 12.6. The molecule has 1 aliphatic rings. The summed E-state index contributed by atoms with van der Waals surface area (Å²) in [6.45, 7) is 8.43. The lowest BCUT2D eigenvalue weighted by Gasteiger charge is -2.34. The number of hydrogen-bond acceptors (Lipinski definition) is 7. The average Bonchev–Trinajstić information content (AvgIpc) is 3.33. The fraction of sp³-hybridized carbons (Fsp3) is 0.393. The highest BCUT2D eigenvalue weighted by molar-refractivity contribution is 6.06. The zero-order valence-corrected chi connectivity index (χ0v) is 22.8. The molecule has 1 aliphatic heterocycles. The molecule has 2 aromatic carbocycles. The molecule has 0 saturated carbocycles. The van der Waals surface area contributed by atoms with E-state index in [1.54, 1.807) is 9.58 Å². The lowest BCUT2D eigenvalue weighted by atomic mass is 9.90. The van der Waals surface area contributed by atoms with Crippen LogP contribution in [0.5, 0.6) is 5.75 Å². The van der Waals surface area contributed by atoms with Crippen LogP contribution >= 0.6 is 0 Å². The van der Waals surface area contributed by atoms with Gasteiger partial charge in [0.15, 0.2) is 0 Å². The van der Waals surface area contributed by atoms with Gasteiger partial charge in [0.1, 0.15) is 11.4 Å². The minimum Gasteiger partial charge on any atom is -0.495 e. The van der Waals surface area contributed by atoms with Crippen molar-refractivity contribution in [2.24, 2.45) is 0 Å². The molecule has 4 rings (SSSR count). The molecule has 0 atom stereocenters. The Balaban J connectivity index is 1.65. The van der Waals surface area contributed by atoms with Gasteiger partial charge in [-0.25, -0.2) is 9.48 Å². The van der Waals surface area contributed by atoms with Crippen LogP contribution in [0.25, 0.3) is 5.69 Å². The van der Waals surface area contributed by atoms with Gasteiger partial charge in [0.05, 0.1) is 40.9 Å². The van der Waals surface area contributed by atoms with E-state index in [4.69, 9.17) is 9.47 Å². The van der Waals surface area contributed by atoms with E-state index in [2.05, 4.69) is 10.4 Å². The number of non-ortho nitro benzene ring substituents is 1. The predicted molar refractivity (Wildman–Crippen MR) is 146 cm³/mol. The third-order valence-electron chi connectivity index (χ3n) is 6.51. The topological polar surface area (TPSA) is 129 Å². The molecule has 1 N–H and O–H groups in total. The van der Waals surface area contributed by atoms with Crippen molar-refractivity contribution in [2.45, 2.75) is 52.1 Å². The number of nitro groups is 1. The number of aryl methyl sites for hydroxylation is 1. The Morgan fingerprint density at radius 1 is 1.10 bits per heavy atom. The SMILES string of the molecule is COc1ccc([N+](=O)[O-])cc1NC(=O)c1cnn(-c2ccc(C)cc2)c1C1CCN(C(=O)OC(C)(C)C)CC1. The summed E-state index contributed by atoms with van der Waals surface area (Å²) in [6.07, 6.45) is 2.37. The number of aromatic nitrogens is 2. The minimum atomic E-state index is -0.586. The highest BCUT2D eigenvalue weighted by atomic mass is 16.6. The quantitative estimate of drug-likeness (QED) is 0.328. The molecule has 0 bridgehead atoms. The molecule has 3 aromatic rings. The number of nitrogens with zero attached hydrogens (tertiary/aromatic N) is 4. The first-order chi connectivity index (χ1) is 18.5. The van der Waals surface area contributed by atoms with Crippen LogP contribution in [0, 0.1) is 17.0 Å². The Hall–Kier alpha value is -4.41. The number of anilines is 1. The molecular formula is C28H33N5O6. The number of piperidine rings is 1. The summed E-state index contributed by atoms with van der Waals surface area (Å²) in [7, 11) is 1.43. The summed E-state index contributed by atoms with van der Waals surface area (Å²) in [5.74, 6) is -0.232. The van der Waals surface area contributed by atoms with E-state index in [0.717, 1.165) is 11.3 Å². The summed E-state index contributed by atoms with van der Waals surface area (Å²) in [5, 5.41) is 18.6. The first-order valence-electron chi connectivity index (χ1n) is 12.7. The zero-order valence-electron chi connectivity index (χ0n) is 22.8. The van der Waals surface area contributed by atoms with Gasteiger partial charge >= 0.3 is 6.09 Å². The summed E-state index contributed by atoms with van der Waals surface area (Å²) in [4.78, 5) is 38.6. The summed E-state index contributed by atoms with van der Waals surface area (Å²) in [5.41, 5.74) is 2.38. The first kappa shape index (κ1) is 27.6. The number of nitro benzene ring substituents is 1. The van der Waals surface area contributed by atoms with Crippen LogP contribution in [0.2, 0.25) is 0 Å². The van der Waals surface area contributed by atoms with Gasteiger partial charge in [-0.1, -0.05) is 17.7 Å². The third kappa shape index (κ3) is 6.36. The van der Waals surface area contributed by atoms with Crippen molar-refractivity contribution < 1.29 is 24.0 Å². The molecule has 0 radical (unpaired) electrons. The van der Waals surface area contributed by atoms with Crippen molar-refractivity contribution >= 4 is 23.4 Å². The number of ether oxygens (including phenoxy) is 2. The highest BCUT2D eigenvalue weighted by Crippen LogP contribution is 2.34. The van der Waals surface area contributed by atoms with Gasteiger partial charge in [0.2, 0.25) is 0 Å². The van der Waals surface area contributed by atoms with Crippen molar-refractivity contribution in [3.05, 3.63) is 75.6 Å². The normalized spacial score (nSPS) is 14.1.